The minimum atomic E-state index is -0.740. The second kappa shape index (κ2) is 6.14. The third-order valence-electron chi connectivity index (χ3n) is 3.58. The summed E-state index contributed by atoms with van der Waals surface area (Å²) >= 11 is 0. The molecule has 0 fully saturated rings. The number of hydrogen-bond acceptors (Lipinski definition) is 3. The average Bonchev–Trinajstić information content (AvgIpc) is 2.48. The van der Waals surface area contributed by atoms with Crippen LogP contribution in [0.15, 0.2) is 36.4 Å². The number of benzene rings is 2. The maximum absolute atomic E-state index is 13.7. The number of aliphatic hydroxyl groups is 1. The highest BCUT2D eigenvalue weighted by molar-refractivity contribution is 5.67. The van der Waals surface area contributed by atoms with E-state index in [-0.39, 0.29) is 5.82 Å². The van der Waals surface area contributed by atoms with E-state index in [0.717, 1.165) is 17.1 Å². The number of anilines is 2. The van der Waals surface area contributed by atoms with Crippen molar-refractivity contribution in [2.45, 2.75) is 20.0 Å². The van der Waals surface area contributed by atoms with Crippen molar-refractivity contribution < 1.29 is 14.2 Å². The lowest BCUT2D eigenvalue weighted by Gasteiger charge is -2.24. The molecule has 0 aliphatic heterocycles. The van der Waals surface area contributed by atoms with Gasteiger partial charge in [-0.1, -0.05) is 0 Å². The first-order valence-electron chi connectivity index (χ1n) is 6.80. The molecular weight excluding hydrogens is 269 g/mol. The van der Waals surface area contributed by atoms with Gasteiger partial charge >= 0.3 is 0 Å². The number of aliphatic hydroxyl groups excluding tert-OH is 1. The topological polar surface area (TPSA) is 32.7 Å². The molecule has 2 rings (SSSR count). The van der Waals surface area contributed by atoms with Crippen molar-refractivity contribution in [2.24, 2.45) is 0 Å². The molecule has 0 saturated carbocycles. The van der Waals surface area contributed by atoms with Gasteiger partial charge in [0.2, 0.25) is 0 Å². The second-order valence-electron chi connectivity index (χ2n) is 5.09. The fraction of sp³-hybridized carbons (Fsp3) is 0.294. The highest BCUT2D eigenvalue weighted by Gasteiger charge is 2.16. The Morgan fingerprint density at radius 1 is 1.19 bits per heavy atom. The van der Waals surface area contributed by atoms with Crippen LogP contribution in [0.5, 0.6) is 5.75 Å². The molecule has 0 saturated heterocycles. The average molecular weight is 289 g/mol. The van der Waals surface area contributed by atoms with Gasteiger partial charge in [0.05, 0.1) is 13.2 Å². The summed E-state index contributed by atoms with van der Waals surface area (Å²) in [5, 5.41) is 9.88. The first-order valence-corrected chi connectivity index (χ1v) is 6.80. The Balaban J connectivity index is 2.45. The van der Waals surface area contributed by atoms with E-state index < -0.39 is 6.10 Å². The van der Waals surface area contributed by atoms with Gasteiger partial charge in [0, 0.05) is 24.0 Å². The minimum absolute atomic E-state index is 0.308. The number of hydrogen-bond donors (Lipinski definition) is 1. The predicted molar refractivity (Wildman–Crippen MR) is 82.8 cm³/mol. The lowest BCUT2D eigenvalue weighted by molar-refractivity contribution is 0.199. The summed E-state index contributed by atoms with van der Waals surface area (Å²) in [5.41, 5.74) is 2.84. The molecule has 0 bridgehead atoms. The number of ether oxygens (including phenoxy) is 1. The van der Waals surface area contributed by atoms with Crippen LogP contribution < -0.4 is 9.64 Å². The standard InChI is InChI=1S/C17H20FNO2/c1-11-9-17(15(12(2)20)10-16(11)18)19(3)13-5-7-14(21-4)8-6-13/h5-10,12,20H,1-4H3/t12-/m1/s1. The van der Waals surface area contributed by atoms with Gasteiger partial charge in [-0.05, 0) is 55.8 Å². The molecule has 112 valence electrons. The molecule has 2 aromatic carbocycles. The fourth-order valence-electron chi connectivity index (χ4n) is 2.25. The number of nitrogens with zero attached hydrogens (tertiary/aromatic N) is 1. The quantitative estimate of drug-likeness (QED) is 0.924. The molecule has 0 aliphatic carbocycles. The van der Waals surface area contributed by atoms with Crippen molar-refractivity contribution in [1.29, 1.82) is 0 Å². The van der Waals surface area contributed by atoms with Crippen molar-refractivity contribution in [3.05, 3.63) is 53.3 Å². The van der Waals surface area contributed by atoms with Gasteiger partial charge in [0.25, 0.3) is 0 Å². The molecule has 0 unspecified atom stereocenters. The van der Waals surface area contributed by atoms with Crippen LogP contribution in [0.3, 0.4) is 0 Å². The van der Waals surface area contributed by atoms with Crippen molar-refractivity contribution >= 4 is 11.4 Å². The lowest BCUT2D eigenvalue weighted by Crippen LogP contribution is -2.13. The van der Waals surface area contributed by atoms with Gasteiger partial charge in [0.1, 0.15) is 11.6 Å². The van der Waals surface area contributed by atoms with Crippen LogP contribution in [-0.2, 0) is 0 Å². The van der Waals surface area contributed by atoms with Crippen molar-refractivity contribution in [2.75, 3.05) is 19.1 Å². The smallest absolute Gasteiger partial charge is 0.126 e. The lowest BCUT2D eigenvalue weighted by atomic mass is 10.0. The van der Waals surface area contributed by atoms with Crippen molar-refractivity contribution in [1.82, 2.24) is 0 Å². The van der Waals surface area contributed by atoms with Crippen LogP contribution in [0, 0.1) is 12.7 Å². The molecule has 2 aromatic rings. The Kier molecular flexibility index (Phi) is 4.48. The van der Waals surface area contributed by atoms with E-state index in [9.17, 15) is 9.50 Å². The third-order valence-corrected chi connectivity index (χ3v) is 3.58. The summed E-state index contributed by atoms with van der Waals surface area (Å²) in [6.07, 6.45) is -0.740. The van der Waals surface area contributed by atoms with Gasteiger partial charge in [-0.3, -0.25) is 0 Å². The van der Waals surface area contributed by atoms with E-state index in [4.69, 9.17) is 4.74 Å². The maximum atomic E-state index is 13.7. The van der Waals surface area contributed by atoms with E-state index in [0.29, 0.717) is 11.1 Å². The van der Waals surface area contributed by atoms with E-state index in [1.807, 2.05) is 36.2 Å². The highest BCUT2D eigenvalue weighted by Crippen LogP contribution is 2.33. The van der Waals surface area contributed by atoms with E-state index >= 15 is 0 Å². The van der Waals surface area contributed by atoms with E-state index in [1.54, 1.807) is 27.0 Å². The molecule has 0 radical (unpaired) electrons. The predicted octanol–water partition coefficient (Wildman–Crippen LogP) is 3.96. The van der Waals surface area contributed by atoms with Gasteiger partial charge in [-0.2, -0.15) is 0 Å². The molecule has 0 heterocycles. The second-order valence-corrected chi connectivity index (χ2v) is 5.09. The van der Waals surface area contributed by atoms with Crippen LogP contribution in [0.25, 0.3) is 0 Å². The first-order chi connectivity index (χ1) is 9.93. The molecule has 0 aromatic heterocycles. The van der Waals surface area contributed by atoms with Gasteiger partial charge in [-0.15, -0.1) is 0 Å². The largest absolute Gasteiger partial charge is 0.497 e. The van der Waals surface area contributed by atoms with E-state index in [2.05, 4.69) is 0 Å². The Morgan fingerprint density at radius 2 is 1.81 bits per heavy atom. The SMILES string of the molecule is COc1ccc(N(C)c2cc(C)c(F)cc2[C@@H](C)O)cc1. The summed E-state index contributed by atoms with van der Waals surface area (Å²) in [7, 11) is 3.51. The van der Waals surface area contributed by atoms with Crippen LogP contribution >= 0.6 is 0 Å². The summed E-state index contributed by atoms with van der Waals surface area (Å²) in [6.45, 7) is 3.35. The fourth-order valence-corrected chi connectivity index (χ4v) is 2.25. The molecular formula is C17H20FNO2. The monoisotopic (exact) mass is 289 g/mol. The molecule has 1 atom stereocenters. The number of rotatable bonds is 4. The number of aryl methyl sites for hydroxylation is 1. The Hall–Kier alpha value is -2.07. The van der Waals surface area contributed by atoms with Gasteiger partial charge in [-0.25, -0.2) is 4.39 Å². The van der Waals surface area contributed by atoms with E-state index in [1.165, 1.54) is 6.07 Å². The zero-order valence-corrected chi connectivity index (χ0v) is 12.7. The maximum Gasteiger partial charge on any atom is 0.126 e. The van der Waals surface area contributed by atoms with Crippen LogP contribution in [0.2, 0.25) is 0 Å². The molecule has 0 amide bonds. The number of halogens is 1. The molecule has 4 heteroatoms. The molecule has 1 N–H and O–H groups in total. The molecule has 0 aliphatic rings. The first kappa shape index (κ1) is 15.3. The zero-order chi connectivity index (χ0) is 15.6. The van der Waals surface area contributed by atoms with Crippen LogP contribution in [0.1, 0.15) is 24.2 Å². The van der Waals surface area contributed by atoms with Gasteiger partial charge in [0.15, 0.2) is 0 Å². The molecule has 3 nitrogen and oxygen atoms in total. The third kappa shape index (κ3) is 3.16. The Bertz CT molecular complexity index is 623. The summed E-state index contributed by atoms with van der Waals surface area (Å²) in [6, 6.07) is 10.7. The summed E-state index contributed by atoms with van der Waals surface area (Å²) < 4.78 is 18.9. The summed E-state index contributed by atoms with van der Waals surface area (Å²) in [5.74, 6) is 0.468. The zero-order valence-electron chi connectivity index (χ0n) is 12.7. The van der Waals surface area contributed by atoms with Gasteiger partial charge < -0.3 is 14.7 Å². The Labute approximate surface area is 124 Å². The molecule has 21 heavy (non-hydrogen) atoms. The molecule has 0 spiro atoms. The van der Waals surface area contributed by atoms with Crippen molar-refractivity contribution in [3.8, 4) is 5.75 Å². The van der Waals surface area contributed by atoms with Crippen LogP contribution in [-0.4, -0.2) is 19.3 Å². The van der Waals surface area contributed by atoms with Crippen LogP contribution in [0.4, 0.5) is 15.8 Å². The normalized spacial score (nSPS) is 12.1. The van der Waals surface area contributed by atoms with Crippen molar-refractivity contribution in [3.63, 3.8) is 0 Å². The highest BCUT2D eigenvalue weighted by atomic mass is 19.1. The minimum Gasteiger partial charge on any atom is -0.497 e. The summed E-state index contributed by atoms with van der Waals surface area (Å²) in [4.78, 5) is 1.92. The Morgan fingerprint density at radius 3 is 2.33 bits per heavy atom. The number of methoxy groups -OCH3 is 1.